The summed E-state index contributed by atoms with van der Waals surface area (Å²) in [6.45, 7) is 3.88. The lowest BCUT2D eigenvalue weighted by atomic mass is 9.87. The van der Waals surface area contributed by atoms with Gasteiger partial charge in [-0.2, -0.15) is 0 Å². The van der Waals surface area contributed by atoms with Gasteiger partial charge in [0.15, 0.2) is 0 Å². The Hall–Kier alpha value is -2.82. The molecule has 0 aliphatic heterocycles. The summed E-state index contributed by atoms with van der Waals surface area (Å²) in [4.78, 5) is 40.6. The van der Waals surface area contributed by atoms with E-state index in [1.165, 1.54) is 21.8 Å². The molecule has 5 rings (SSSR count). The summed E-state index contributed by atoms with van der Waals surface area (Å²) in [5.74, 6) is 0.964. The second kappa shape index (κ2) is 9.20. The van der Waals surface area contributed by atoms with Crippen LogP contribution in [0.5, 0.6) is 0 Å². The molecule has 0 saturated carbocycles. The van der Waals surface area contributed by atoms with Crippen molar-refractivity contribution in [1.29, 1.82) is 0 Å². The summed E-state index contributed by atoms with van der Waals surface area (Å²) < 4.78 is 6.06. The van der Waals surface area contributed by atoms with Gasteiger partial charge in [0, 0.05) is 36.7 Å². The number of benzene rings is 1. The second-order valence-electron chi connectivity index (χ2n) is 8.11. The molecule has 1 aliphatic rings. The maximum absolute atomic E-state index is 13.1. The van der Waals surface area contributed by atoms with Crippen LogP contribution in [-0.2, 0) is 22.4 Å². The number of fused-ring (bicyclic) bond motifs is 4. The normalized spacial score (nSPS) is 15.6. The Balaban J connectivity index is 1.42. The zero-order valence-electron chi connectivity index (χ0n) is 18.5. The van der Waals surface area contributed by atoms with Crippen LogP contribution < -0.4 is 10.2 Å². The Kier molecular flexibility index (Phi) is 6.13. The zero-order chi connectivity index (χ0) is 22.9. The van der Waals surface area contributed by atoms with E-state index in [2.05, 4.69) is 20.3 Å². The van der Waals surface area contributed by atoms with E-state index >= 15 is 0 Å². The Bertz CT molecular complexity index is 1380. The lowest BCUT2D eigenvalue weighted by Crippen LogP contribution is -2.39. The highest BCUT2D eigenvalue weighted by Crippen LogP contribution is 2.41. The molecule has 0 spiro atoms. The van der Waals surface area contributed by atoms with E-state index in [4.69, 9.17) is 4.74 Å². The molecule has 1 unspecified atom stereocenters. The summed E-state index contributed by atoms with van der Waals surface area (Å²) in [6.07, 6.45) is 3.96. The quantitative estimate of drug-likeness (QED) is 0.413. The van der Waals surface area contributed by atoms with Gasteiger partial charge in [-0.15, -0.1) is 11.3 Å². The maximum Gasteiger partial charge on any atom is 0.305 e. The topological polar surface area (TPSA) is 100 Å². The van der Waals surface area contributed by atoms with Crippen molar-refractivity contribution in [1.82, 2.24) is 19.9 Å². The summed E-state index contributed by atoms with van der Waals surface area (Å²) >= 11 is 2.85. The van der Waals surface area contributed by atoms with Gasteiger partial charge >= 0.3 is 4.87 Å². The number of thiophene rings is 1. The minimum Gasteiger partial charge on any atom is -0.383 e. The number of H-pyrrole nitrogens is 1. The van der Waals surface area contributed by atoms with E-state index in [0.717, 1.165) is 51.2 Å². The number of hydrogen-bond donors (Lipinski definition) is 2. The third kappa shape index (κ3) is 4.25. The number of methoxy groups -OCH3 is 1. The van der Waals surface area contributed by atoms with Crippen molar-refractivity contribution in [2.45, 2.75) is 26.2 Å². The smallest absolute Gasteiger partial charge is 0.305 e. The van der Waals surface area contributed by atoms with E-state index < -0.39 is 0 Å². The van der Waals surface area contributed by atoms with Crippen LogP contribution in [0.1, 0.15) is 23.8 Å². The SMILES string of the molecule is CCN(CCOC)C(=O)C1CCc2c(sc3ncnc(Nc4ccc5[nH]c(=O)sc5c4)c23)C1. The van der Waals surface area contributed by atoms with Crippen molar-refractivity contribution in [3.8, 4) is 0 Å². The molecule has 1 aliphatic carbocycles. The molecule has 33 heavy (non-hydrogen) atoms. The number of rotatable bonds is 7. The lowest BCUT2D eigenvalue weighted by molar-refractivity contribution is -0.136. The van der Waals surface area contributed by atoms with Crippen LogP contribution in [0.4, 0.5) is 11.5 Å². The van der Waals surface area contributed by atoms with E-state index in [1.807, 2.05) is 30.0 Å². The van der Waals surface area contributed by atoms with Gasteiger partial charge in [0.1, 0.15) is 17.0 Å². The van der Waals surface area contributed by atoms with E-state index in [0.29, 0.717) is 19.7 Å². The Morgan fingerprint density at radius 1 is 1.33 bits per heavy atom. The number of carbonyl (C=O) groups excluding carboxylic acids is 1. The number of anilines is 2. The standard InChI is InChI=1S/C23H25N5O3S2/c1-3-28(8-9-31-2)22(29)13-4-6-15-17(10-13)32-21-19(15)20(24-12-25-21)26-14-5-7-16-18(11-14)33-23(30)27-16/h5,7,11-13H,3-4,6,8-10H2,1-2H3,(H,27,30)(H,24,25,26). The van der Waals surface area contributed by atoms with Gasteiger partial charge < -0.3 is 19.9 Å². The summed E-state index contributed by atoms with van der Waals surface area (Å²) in [6, 6.07) is 5.79. The van der Waals surface area contributed by atoms with Gasteiger partial charge in [-0.3, -0.25) is 9.59 Å². The maximum atomic E-state index is 13.1. The number of nitrogens with one attached hydrogen (secondary N) is 2. The fourth-order valence-electron chi connectivity index (χ4n) is 4.46. The molecule has 2 N–H and O–H groups in total. The molecule has 10 heteroatoms. The summed E-state index contributed by atoms with van der Waals surface area (Å²) in [5.41, 5.74) is 2.95. The van der Waals surface area contributed by atoms with Crippen molar-refractivity contribution in [3.63, 3.8) is 0 Å². The molecule has 0 radical (unpaired) electrons. The molecule has 3 heterocycles. The highest BCUT2D eigenvalue weighted by Gasteiger charge is 2.31. The third-order valence-electron chi connectivity index (χ3n) is 6.14. The van der Waals surface area contributed by atoms with Crippen LogP contribution in [0, 0.1) is 5.92 Å². The van der Waals surface area contributed by atoms with Crippen LogP contribution in [0.3, 0.4) is 0 Å². The number of amides is 1. The molecule has 4 aromatic rings. The first kappa shape index (κ1) is 22.0. The van der Waals surface area contributed by atoms with Crippen molar-refractivity contribution in [2.75, 3.05) is 32.1 Å². The van der Waals surface area contributed by atoms with Crippen LogP contribution in [0.15, 0.2) is 29.3 Å². The molecule has 8 nitrogen and oxygen atoms in total. The zero-order valence-corrected chi connectivity index (χ0v) is 20.1. The molecule has 0 bridgehead atoms. The predicted octanol–water partition coefficient (Wildman–Crippen LogP) is 3.94. The largest absolute Gasteiger partial charge is 0.383 e. The lowest BCUT2D eigenvalue weighted by Gasteiger charge is -2.28. The van der Waals surface area contributed by atoms with Crippen molar-refractivity contribution in [2.24, 2.45) is 5.92 Å². The number of ether oxygens (including phenoxy) is 1. The molecule has 1 aromatic carbocycles. The van der Waals surface area contributed by atoms with Gasteiger partial charge in [-0.05, 0) is 49.9 Å². The van der Waals surface area contributed by atoms with Crippen LogP contribution in [-0.4, -0.2) is 52.6 Å². The van der Waals surface area contributed by atoms with E-state index in [1.54, 1.807) is 24.8 Å². The van der Waals surface area contributed by atoms with Crippen LogP contribution in [0.25, 0.3) is 20.4 Å². The summed E-state index contributed by atoms with van der Waals surface area (Å²) in [7, 11) is 1.66. The number of hydrogen-bond acceptors (Lipinski definition) is 8. The molecular weight excluding hydrogens is 458 g/mol. The molecule has 172 valence electrons. The fourth-order valence-corrected chi connectivity index (χ4v) is 6.50. The van der Waals surface area contributed by atoms with Gasteiger partial charge in [-0.25, -0.2) is 9.97 Å². The van der Waals surface area contributed by atoms with E-state index in [9.17, 15) is 9.59 Å². The average molecular weight is 484 g/mol. The molecule has 3 aromatic heterocycles. The highest BCUT2D eigenvalue weighted by atomic mass is 32.1. The highest BCUT2D eigenvalue weighted by molar-refractivity contribution is 7.19. The first-order chi connectivity index (χ1) is 16.1. The second-order valence-corrected chi connectivity index (χ2v) is 10.2. The number of aromatic nitrogens is 3. The first-order valence-electron chi connectivity index (χ1n) is 11.0. The van der Waals surface area contributed by atoms with Crippen molar-refractivity contribution in [3.05, 3.63) is 44.6 Å². The van der Waals surface area contributed by atoms with Crippen molar-refractivity contribution < 1.29 is 9.53 Å². The minimum atomic E-state index is -0.0635. The monoisotopic (exact) mass is 483 g/mol. The van der Waals surface area contributed by atoms with E-state index in [-0.39, 0.29) is 16.7 Å². The first-order valence-corrected chi connectivity index (χ1v) is 12.6. The molecule has 0 fully saturated rings. The number of likely N-dealkylation sites (N-methyl/N-ethyl adjacent to an activating group) is 1. The van der Waals surface area contributed by atoms with Gasteiger partial charge in [-0.1, -0.05) is 11.3 Å². The Labute approximate surface area is 198 Å². The van der Waals surface area contributed by atoms with Gasteiger partial charge in [0.2, 0.25) is 5.91 Å². The van der Waals surface area contributed by atoms with Gasteiger partial charge in [0.25, 0.3) is 0 Å². The number of carbonyl (C=O) groups is 1. The Morgan fingerprint density at radius 3 is 3.03 bits per heavy atom. The third-order valence-corrected chi connectivity index (χ3v) is 8.14. The predicted molar refractivity (Wildman–Crippen MR) is 133 cm³/mol. The van der Waals surface area contributed by atoms with Gasteiger partial charge in [0.05, 0.1) is 22.2 Å². The molecule has 1 amide bonds. The average Bonchev–Trinajstić information content (AvgIpc) is 3.38. The number of thiazole rings is 1. The fraction of sp³-hybridized carbons (Fsp3) is 0.391. The molecule has 1 atom stereocenters. The van der Waals surface area contributed by atoms with Crippen LogP contribution >= 0.6 is 22.7 Å². The van der Waals surface area contributed by atoms with Crippen molar-refractivity contribution >= 4 is 60.5 Å². The molecular formula is C23H25N5O3S2. The Morgan fingerprint density at radius 2 is 2.21 bits per heavy atom. The number of aryl methyl sites for hydroxylation is 1. The molecule has 0 saturated heterocycles. The minimum absolute atomic E-state index is 0.00879. The van der Waals surface area contributed by atoms with Crippen LogP contribution in [0.2, 0.25) is 0 Å². The number of aromatic amines is 1. The summed E-state index contributed by atoms with van der Waals surface area (Å²) in [5, 5.41) is 4.47. The number of nitrogens with zero attached hydrogens (tertiary/aromatic N) is 3.